The minimum Gasteiger partial charge on any atom is -0.494 e. The van der Waals surface area contributed by atoms with Crippen LogP contribution in [0.4, 0.5) is 0 Å². The molecule has 1 aliphatic heterocycles. The molecule has 4 rings (SSSR count). The topological polar surface area (TPSA) is 106 Å². The summed E-state index contributed by atoms with van der Waals surface area (Å²) in [5.41, 5.74) is 11.4. The fourth-order valence-corrected chi connectivity index (χ4v) is 3.33. The van der Waals surface area contributed by atoms with E-state index in [9.17, 15) is 5.11 Å². The first-order chi connectivity index (χ1) is 13.1. The van der Waals surface area contributed by atoms with Gasteiger partial charge in [0.1, 0.15) is 11.3 Å². The summed E-state index contributed by atoms with van der Waals surface area (Å²) < 4.78 is 5.51. The zero-order valence-corrected chi connectivity index (χ0v) is 15.3. The molecule has 7 nitrogen and oxygen atoms in total. The minimum atomic E-state index is -0.630. The van der Waals surface area contributed by atoms with Gasteiger partial charge in [-0.05, 0) is 35.4 Å². The summed E-state index contributed by atoms with van der Waals surface area (Å²) in [6.45, 7) is 0.688. The maximum atomic E-state index is 10.6. The molecule has 4 N–H and O–H groups in total. The third-order valence-corrected chi connectivity index (χ3v) is 4.81. The Bertz CT molecular complexity index is 1040. The predicted octanol–water partition coefficient (Wildman–Crippen LogP) is 2.72. The number of methoxy groups -OCH3 is 1. The van der Waals surface area contributed by atoms with Gasteiger partial charge in [-0.25, -0.2) is 4.98 Å². The first kappa shape index (κ1) is 17.5. The molecule has 27 heavy (non-hydrogen) atoms. The number of hydrogen-bond donors (Lipinski definition) is 3. The number of hydrazone groups is 1. The van der Waals surface area contributed by atoms with Crippen molar-refractivity contribution < 1.29 is 9.84 Å². The minimum absolute atomic E-state index is 0.0936. The lowest BCUT2D eigenvalue weighted by Gasteiger charge is -2.15. The summed E-state index contributed by atoms with van der Waals surface area (Å²) in [4.78, 5) is 8.79. The molecule has 0 saturated carbocycles. The Morgan fingerprint density at radius 3 is 2.85 bits per heavy atom. The second-order valence-electron chi connectivity index (χ2n) is 6.30. The predicted molar refractivity (Wildman–Crippen MR) is 104 cm³/mol. The molecular formula is C19H18ClN5O2. The quantitative estimate of drug-likeness (QED) is 0.639. The van der Waals surface area contributed by atoms with Crippen molar-refractivity contribution in [3.63, 3.8) is 0 Å². The first-order valence-electron chi connectivity index (χ1n) is 8.42. The Balaban J connectivity index is 1.83. The van der Waals surface area contributed by atoms with Gasteiger partial charge in [-0.1, -0.05) is 23.7 Å². The molecule has 0 amide bonds. The normalized spacial score (nSPS) is 17.1. The first-order valence-corrected chi connectivity index (χ1v) is 8.80. The van der Waals surface area contributed by atoms with E-state index in [0.717, 1.165) is 11.1 Å². The van der Waals surface area contributed by atoms with Gasteiger partial charge in [0.05, 0.1) is 18.5 Å². The third-order valence-electron chi connectivity index (χ3n) is 4.58. The Morgan fingerprint density at radius 2 is 2.15 bits per heavy atom. The highest BCUT2D eigenvalue weighted by atomic mass is 35.5. The number of rotatable bonds is 4. The summed E-state index contributed by atoms with van der Waals surface area (Å²) in [6, 6.07) is 10.3. The van der Waals surface area contributed by atoms with E-state index in [1.54, 1.807) is 19.2 Å². The molecule has 0 spiro atoms. The van der Waals surface area contributed by atoms with Crippen molar-refractivity contribution >= 4 is 28.7 Å². The van der Waals surface area contributed by atoms with Gasteiger partial charge < -0.3 is 21.0 Å². The molecule has 138 valence electrons. The number of nitrogens with zero attached hydrogens (tertiary/aromatic N) is 3. The monoisotopic (exact) mass is 383 g/mol. The van der Waals surface area contributed by atoms with Crippen LogP contribution in [0.25, 0.3) is 10.9 Å². The van der Waals surface area contributed by atoms with Crippen LogP contribution in [-0.2, 0) is 0 Å². The van der Waals surface area contributed by atoms with E-state index in [-0.39, 0.29) is 17.6 Å². The highest BCUT2D eigenvalue weighted by molar-refractivity contribution is 6.30. The molecule has 0 saturated heterocycles. The maximum absolute atomic E-state index is 10.6. The molecule has 3 aromatic rings. The van der Waals surface area contributed by atoms with Crippen LogP contribution in [0.15, 0.2) is 41.5 Å². The number of ether oxygens (including phenoxy) is 1. The van der Waals surface area contributed by atoms with Crippen molar-refractivity contribution in [1.29, 1.82) is 0 Å². The molecule has 2 aromatic carbocycles. The van der Waals surface area contributed by atoms with Crippen LogP contribution >= 0.6 is 11.6 Å². The maximum Gasteiger partial charge on any atom is 0.222 e. The number of aromatic hydroxyl groups is 1. The second-order valence-corrected chi connectivity index (χ2v) is 6.74. The summed E-state index contributed by atoms with van der Waals surface area (Å²) in [5, 5.41) is 15.7. The summed E-state index contributed by atoms with van der Waals surface area (Å²) >= 11 is 6.05. The van der Waals surface area contributed by atoms with Crippen molar-refractivity contribution in [2.24, 2.45) is 10.8 Å². The molecule has 0 radical (unpaired) electrons. The number of hydrogen-bond acceptors (Lipinski definition) is 7. The van der Waals surface area contributed by atoms with E-state index >= 15 is 0 Å². The van der Waals surface area contributed by atoms with Gasteiger partial charge in [0.15, 0.2) is 5.82 Å². The lowest BCUT2D eigenvalue weighted by Crippen LogP contribution is -2.16. The van der Waals surface area contributed by atoms with Crippen LogP contribution in [0.2, 0.25) is 5.02 Å². The van der Waals surface area contributed by atoms with Crippen LogP contribution in [0, 0.1) is 0 Å². The van der Waals surface area contributed by atoms with Crippen LogP contribution in [0.1, 0.15) is 28.9 Å². The molecule has 1 aromatic heterocycles. The number of halogens is 1. The molecule has 0 bridgehead atoms. The van der Waals surface area contributed by atoms with Crippen molar-refractivity contribution in [2.75, 3.05) is 13.7 Å². The molecule has 0 aliphatic carbocycles. The van der Waals surface area contributed by atoms with Crippen molar-refractivity contribution in [1.82, 2.24) is 15.4 Å². The highest BCUT2D eigenvalue weighted by Crippen LogP contribution is 2.34. The lowest BCUT2D eigenvalue weighted by atomic mass is 9.98. The molecule has 2 atom stereocenters. The number of benzene rings is 2. The van der Waals surface area contributed by atoms with E-state index < -0.39 is 6.04 Å². The summed E-state index contributed by atoms with van der Waals surface area (Å²) in [6.07, 6.45) is 1.82. The fraction of sp³-hybridized carbons (Fsp3) is 0.211. The smallest absolute Gasteiger partial charge is 0.222 e. The standard InChI is InChI=1S/C19H18ClN5O2/c1-27-15-7-11(12-8-22-23-9-12)6-14-17(15)24-18(25-19(14)26)16(21)10-3-2-4-13(20)5-10/h2-8,12,16,23H,9,21H2,1H3,(H,24,25,26). The number of nitrogens with two attached hydrogens (primary N) is 1. The molecule has 8 heteroatoms. The third kappa shape index (κ3) is 3.27. The van der Waals surface area contributed by atoms with Crippen molar-refractivity contribution in [3.05, 3.63) is 58.4 Å². The van der Waals surface area contributed by atoms with Gasteiger partial charge in [-0.15, -0.1) is 0 Å². The molecule has 2 unspecified atom stereocenters. The summed E-state index contributed by atoms with van der Waals surface area (Å²) in [5.74, 6) is 0.782. The van der Waals surface area contributed by atoms with Crippen molar-refractivity contribution in [2.45, 2.75) is 12.0 Å². The Hall–Kier alpha value is -2.90. The van der Waals surface area contributed by atoms with E-state index in [0.29, 0.717) is 28.2 Å². The van der Waals surface area contributed by atoms with Gasteiger partial charge in [0.25, 0.3) is 0 Å². The van der Waals surface area contributed by atoms with Gasteiger partial charge in [-0.3, -0.25) is 0 Å². The lowest BCUT2D eigenvalue weighted by molar-refractivity contribution is 0.416. The SMILES string of the molecule is COc1cc(C2C=NNC2)cc2c(O)nc(C(N)c3cccc(Cl)c3)nc12. The fourth-order valence-electron chi connectivity index (χ4n) is 3.13. The zero-order chi connectivity index (χ0) is 19.0. The van der Waals surface area contributed by atoms with Gasteiger partial charge in [0.2, 0.25) is 5.88 Å². The Morgan fingerprint density at radius 1 is 1.30 bits per heavy atom. The van der Waals surface area contributed by atoms with E-state index in [2.05, 4.69) is 20.5 Å². The largest absolute Gasteiger partial charge is 0.494 e. The van der Waals surface area contributed by atoms with E-state index in [1.807, 2.05) is 30.5 Å². The average molecular weight is 384 g/mol. The molecule has 0 fully saturated rings. The molecule has 1 aliphatic rings. The van der Waals surface area contributed by atoms with Gasteiger partial charge in [0, 0.05) is 23.7 Å². The average Bonchev–Trinajstić information content (AvgIpc) is 3.21. The van der Waals surface area contributed by atoms with Gasteiger partial charge in [-0.2, -0.15) is 10.1 Å². The van der Waals surface area contributed by atoms with Crippen LogP contribution < -0.4 is 15.9 Å². The van der Waals surface area contributed by atoms with E-state index in [4.69, 9.17) is 22.1 Å². The number of aromatic nitrogens is 2. The zero-order valence-electron chi connectivity index (χ0n) is 14.6. The van der Waals surface area contributed by atoms with Gasteiger partial charge >= 0.3 is 0 Å². The Labute approximate surface area is 160 Å². The van der Waals surface area contributed by atoms with E-state index in [1.165, 1.54) is 0 Å². The van der Waals surface area contributed by atoms with Crippen LogP contribution in [0.5, 0.6) is 11.6 Å². The van der Waals surface area contributed by atoms with Crippen LogP contribution in [-0.4, -0.2) is 34.9 Å². The highest BCUT2D eigenvalue weighted by Gasteiger charge is 2.21. The summed E-state index contributed by atoms with van der Waals surface area (Å²) in [7, 11) is 1.56. The van der Waals surface area contributed by atoms with Crippen LogP contribution in [0.3, 0.4) is 0 Å². The number of nitrogens with one attached hydrogen (secondary N) is 1. The Kier molecular flexibility index (Phi) is 4.55. The number of fused-ring (bicyclic) bond motifs is 1. The second kappa shape index (κ2) is 7.02. The molecule has 2 heterocycles. The molecular weight excluding hydrogens is 366 g/mol. The van der Waals surface area contributed by atoms with Crippen molar-refractivity contribution in [3.8, 4) is 11.6 Å².